The van der Waals surface area contributed by atoms with Crippen LogP contribution < -0.4 is 27.3 Å². The molecule has 1 atom stereocenters. The number of nitrogens with two attached hydrogens (primary N) is 3. The van der Waals surface area contributed by atoms with E-state index >= 15 is 4.39 Å². The van der Waals surface area contributed by atoms with Gasteiger partial charge in [-0.3, -0.25) is 9.56 Å². The summed E-state index contributed by atoms with van der Waals surface area (Å²) in [5.41, 5.74) is 19.2. The summed E-state index contributed by atoms with van der Waals surface area (Å²) >= 11 is 7.77. The van der Waals surface area contributed by atoms with Crippen molar-refractivity contribution in [3.8, 4) is 11.4 Å². The topological polar surface area (TPSA) is 193 Å². The number of carbonyl (C=O) groups is 1. The van der Waals surface area contributed by atoms with Crippen LogP contribution in [-0.2, 0) is 16.0 Å². The van der Waals surface area contributed by atoms with E-state index in [9.17, 15) is 14.3 Å². The Labute approximate surface area is 289 Å². The number of hydrogen-bond acceptors (Lipinski definition) is 9. The average molecular weight is 713 g/mol. The third-order valence-corrected chi connectivity index (χ3v) is 9.37. The highest BCUT2D eigenvalue weighted by molar-refractivity contribution is 7.98. The van der Waals surface area contributed by atoms with Crippen molar-refractivity contribution in [2.45, 2.75) is 49.1 Å². The lowest BCUT2D eigenvalue weighted by molar-refractivity contribution is -0.138. The molecule has 5 rings (SSSR count). The summed E-state index contributed by atoms with van der Waals surface area (Å²) in [5.74, 6) is -1.99. The van der Waals surface area contributed by atoms with Gasteiger partial charge >= 0.3 is 5.97 Å². The first-order chi connectivity index (χ1) is 23.3. The van der Waals surface area contributed by atoms with Crippen molar-refractivity contribution in [2.24, 2.45) is 16.5 Å². The zero-order chi connectivity index (χ0) is 35.5. The van der Waals surface area contributed by atoms with Crippen LogP contribution in [0.2, 0.25) is 5.02 Å². The van der Waals surface area contributed by atoms with Crippen molar-refractivity contribution >= 4 is 57.8 Å². The van der Waals surface area contributed by atoms with Crippen LogP contribution in [-0.4, -0.2) is 51.4 Å². The van der Waals surface area contributed by atoms with E-state index in [-0.39, 0.29) is 52.5 Å². The molecule has 16 heteroatoms. The van der Waals surface area contributed by atoms with Gasteiger partial charge < -0.3 is 36.9 Å². The van der Waals surface area contributed by atoms with E-state index in [1.54, 1.807) is 24.4 Å². The number of methoxy groups -OCH3 is 1. The summed E-state index contributed by atoms with van der Waals surface area (Å²) in [6, 6.07) is 11.7. The van der Waals surface area contributed by atoms with E-state index in [1.807, 2.05) is 30.5 Å². The fourth-order valence-electron chi connectivity index (χ4n) is 5.33. The first kappa shape index (κ1) is 35.3. The van der Waals surface area contributed by atoms with Crippen molar-refractivity contribution in [1.29, 1.82) is 0 Å². The summed E-state index contributed by atoms with van der Waals surface area (Å²) in [5, 5.41) is 17.6. The van der Waals surface area contributed by atoms with Gasteiger partial charge in [-0.05, 0) is 54.8 Å². The number of aliphatic imine (C=N–C) groups is 1. The van der Waals surface area contributed by atoms with Crippen molar-refractivity contribution in [2.75, 3.05) is 24.7 Å². The van der Waals surface area contributed by atoms with Gasteiger partial charge in [0.25, 0.3) is 0 Å². The van der Waals surface area contributed by atoms with Gasteiger partial charge in [-0.25, -0.2) is 18.6 Å². The Hall–Kier alpha value is -5.02. The van der Waals surface area contributed by atoms with Crippen LogP contribution >= 0.6 is 23.4 Å². The molecule has 12 nitrogen and oxygen atoms in total. The maximum absolute atomic E-state index is 15.5. The minimum atomic E-state index is -1.12. The molecule has 2 heterocycles. The number of carboxylic acids is 1. The minimum absolute atomic E-state index is 0.0395. The maximum Gasteiger partial charge on any atom is 0.326 e. The molecule has 0 spiro atoms. The SMILES string of the molecule is COc1cc(-n2c(C(C)(C)c3ccc4onc(N)c4c3)cnc2SCc2c(F)cc(N[C@H](CCCN=C(N)N)C(=O)O)cc2Cl)ccc1F. The van der Waals surface area contributed by atoms with Crippen LogP contribution in [0.5, 0.6) is 5.75 Å². The number of nitrogen functional groups attached to an aromatic ring is 1. The lowest BCUT2D eigenvalue weighted by Gasteiger charge is -2.27. The van der Waals surface area contributed by atoms with Crippen LogP contribution in [0.25, 0.3) is 16.7 Å². The Morgan fingerprint density at radius 1 is 1.18 bits per heavy atom. The average Bonchev–Trinajstić information content (AvgIpc) is 3.65. The third kappa shape index (κ3) is 7.67. The largest absolute Gasteiger partial charge is 0.494 e. The molecule has 0 amide bonds. The number of benzene rings is 3. The van der Waals surface area contributed by atoms with Crippen molar-refractivity contribution in [3.05, 3.63) is 88.2 Å². The number of nitrogens with one attached hydrogen (secondary N) is 1. The molecule has 0 unspecified atom stereocenters. The summed E-state index contributed by atoms with van der Waals surface area (Å²) in [4.78, 5) is 20.4. The molecule has 3 aromatic carbocycles. The summed E-state index contributed by atoms with van der Waals surface area (Å²) in [7, 11) is 1.38. The zero-order valence-corrected chi connectivity index (χ0v) is 28.4. The highest BCUT2D eigenvalue weighted by atomic mass is 35.5. The van der Waals surface area contributed by atoms with Gasteiger partial charge in [0.15, 0.2) is 34.1 Å². The van der Waals surface area contributed by atoms with Crippen LogP contribution in [0.15, 0.2) is 69.4 Å². The first-order valence-electron chi connectivity index (χ1n) is 15.0. The Morgan fingerprint density at radius 3 is 2.65 bits per heavy atom. The maximum atomic E-state index is 15.5. The number of nitrogens with zero attached hydrogens (tertiary/aromatic N) is 4. The number of guanidine groups is 1. The van der Waals surface area contributed by atoms with Gasteiger partial charge in [0.1, 0.15) is 11.9 Å². The van der Waals surface area contributed by atoms with Crippen LogP contribution in [0.1, 0.15) is 43.5 Å². The Bertz CT molecular complexity index is 2010. The number of aromatic nitrogens is 3. The summed E-state index contributed by atoms with van der Waals surface area (Å²) in [6.07, 6.45) is 2.30. The van der Waals surface area contributed by atoms with Crippen LogP contribution in [0.4, 0.5) is 20.3 Å². The second-order valence-electron chi connectivity index (χ2n) is 11.7. The standard InChI is InChI=1S/C33H35ClF2N8O4S/c1-33(2,17-6-9-26-20(11-17)29(37)43-48-26)28-15-41-32(44(28)19-7-8-23(35)27(14-19)47-3)49-16-21-22(34)12-18(13-24(21)36)42-25(30(45)46)5-4-10-40-31(38)39/h6-9,11-15,25,42H,4-5,10,16H2,1-3H3,(H2,37,43)(H,45,46)(H4,38,39,40)/t25-/m1/s1. The highest BCUT2D eigenvalue weighted by Crippen LogP contribution is 2.40. The number of ether oxygens (including phenoxy) is 1. The number of thioether (sulfide) groups is 1. The van der Waals surface area contributed by atoms with Gasteiger partial charge in [-0.1, -0.05) is 48.4 Å². The smallest absolute Gasteiger partial charge is 0.326 e. The Balaban J connectivity index is 1.45. The van der Waals surface area contributed by atoms with Crippen LogP contribution in [0, 0.1) is 11.6 Å². The van der Waals surface area contributed by atoms with Gasteiger partial charge in [0.2, 0.25) is 0 Å². The van der Waals surface area contributed by atoms with E-state index < -0.39 is 29.1 Å². The van der Waals surface area contributed by atoms with Gasteiger partial charge in [-0.15, -0.1) is 0 Å². The highest BCUT2D eigenvalue weighted by Gasteiger charge is 2.31. The minimum Gasteiger partial charge on any atom is -0.494 e. The Kier molecular flexibility index (Phi) is 10.5. The number of halogens is 3. The third-order valence-electron chi connectivity index (χ3n) is 8.05. The molecule has 8 N–H and O–H groups in total. The molecule has 2 aromatic heterocycles. The number of hydrogen-bond donors (Lipinski definition) is 5. The molecular weight excluding hydrogens is 678 g/mol. The van der Waals surface area contributed by atoms with Crippen LogP contribution in [0.3, 0.4) is 0 Å². The van der Waals surface area contributed by atoms with E-state index in [4.69, 9.17) is 43.0 Å². The lowest BCUT2D eigenvalue weighted by Crippen LogP contribution is -2.29. The number of aliphatic carboxylic acids is 1. The predicted octanol–water partition coefficient (Wildman–Crippen LogP) is 6.07. The molecule has 0 saturated carbocycles. The molecule has 0 aliphatic heterocycles. The molecule has 0 fully saturated rings. The van der Waals surface area contributed by atoms with E-state index in [0.29, 0.717) is 28.2 Å². The first-order valence-corrected chi connectivity index (χ1v) is 16.4. The van der Waals surface area contributed by atoms with Gasteiger partial charge in [-0.2, -0.15) is 0 Å². The van der Waals surface area contributed by atoms with E-state index in [0.717, 1.165) is 11.3 Å². The fraction of sp³-hybridized carbons (Fsp3) is 0.273. The summed E-state index contributed by atoms with van der Waals surface area (Å²) < 4.78 is 42.4. The van der Waals surface area contributed by atoms with Gasteiger partial charge in [0, 0.05) is 40.1 Å². The van der Waals surface area contributed by atoms with E-state index in [2.05, 4.69) is 15.5 Å². The molecule has 0 bridgehead atoms. The van der Waals surface area contributed by atoms with Crippen molar-refractivity contribution in [1.82, 2.24) is 14.7 Å². The second-order valence-corrected chi connectivity index (χ2v) is 13.0. The molecule has 0 saturated heterocycles. The number of fused-ring (bicyclic) bond motifs is 1. The zero-order valence-electron chi connectivity index (χ0n) is 26.8. The second kappa shape index (κ2) is 14.6. The van der Waals surface area contributed by atoms with Crippen molar-refractivity contribution in [3.63, 3.8) is 0 Å². The number of anilines is 2. The molecule has 258 valence electrons. The fourth-order valence-corrected chi connectivity index (χ4v) is 6.71. The van der Waals surface area contributed by atoms with Gasteiger partial charge in [0.05, 0.1) is 30.1 Å². The number of rotatable bonds is 14. The quantitative estimate of drug-likeness (QED) is 0.0388. The van der Waals surface area contributed by atoms with E-state index in [1.165, 1.54) is 37.1 Å². The van der Waals surface area contributed by atoms with Crippen molar-refractivity contribution < 1.29 is 27.9 Å². The molecule has 0 radical (unpaired) electrons. The molecule has 0 aliphatic rings. The number of imidazole rings is 1. The Morgan fingerprint density at radius 2 is 1.96 bits per heavy atom. The predicted molar refractivity (Wildman–Crippen MR) is 187 cm³/mol. The number of carboxylic acid groups (broad SMARTS) is 1. The lowest BCUT2D eigenvalue weighted by atomic mass is 9.81. The molecular formula is C33H35ClF2N8O4S. The summed E-state index contributed by atoms with van der Waals surface area (Å²) in [6.45, 7) is 4.27. The normalized spacial score (nSPS) is 12.2. The molecule has 49 heavy (non-hydrogen) atoms. The molecule has 0 aliphatic carbocycles. The molecule has 5 aromatic rings. The monoisotopic (exact) mass is 712 g/mol.